The SMILES string of the molecule is CCc1nc2c(C(=O)O)cccc2n1C1(C)CCOC1C. The lowest BCUT2D eigenvalue weighted by molar-refractivity contribution is 0.0699. The molecule has 112 valence electrons. The number of rotatable bonds is 3. The minimum Gasteiger partial charge on any atom is -0.478 e. The number of carboxylic acids is 1. The van der Waals surface area contributed by atoms with Gasteiger partial charge in [-0.1, -0.05) is 13.0 Å². The third kappa shape index (κ3) is 1.95. The van der Waals surface area contributed by atoms with E-state index in [4.69, 9.17) is 4.74 Å². The Bertz CT molecular complexity index is 707. The summed E-state index contributed by atoms with van der Waals surface area (Å²) in [6.45, 7) is 7.00. The first-order valence-electron chi connectivity index (χ1n) is 7.34. The molecule has 3 rings (SSSR count). The average Bonchev–Trinajstić information content (AvgIpc) is 2.99. The van der Waals surface area contributed by atoms with Crippen LogP contribution in [0.3, 0.4) is 0 Å². The molecule has 0 bridgehead atoms. The van der Waals surface area contributed by atoms with Crippen molar-refractivity contribution in [3.8, 4) is 0 Å². The van der Waals surface area contributed by atoms with Crippen LogP contribution in [0.1, 0.15) is 43.4 Å². The molecule has 1 aromatic carbocycles. The van der Waals surface area contributed by atoms with Crippen LogP contribution in [0.4, 0.5) is 0 Å². The van der Waals surface area contributed by atoms with Gasteiger partial charge in [-0.25, -0.2) is 9.78 Å². The molecule has 2 heterocycles. The van der Waals surface area contributed by atoms with Crippen LogP contribution >= 0.6 is 0 Å². The second-order valence-electron chi connectivity index (χ2n) is 5.82. The van der Waals surface area contributed by atoms with Crippen LogP contribution in [-0.2, 0) is 16.7 Å². The van der Waals surface area contributed by atoms with E-state index < -0.39 is 5.97 Å². The van der Waals surface area contributed by atoms with Crippen molar-refractivity contribution in [2.45, 2.75) is 45.3 Å². The molecule has 0 saturated carbocycles. The maximum atomic E-state index is 11.4. The summed E-state index contributed by atoms with van der Waals surface area (Å²) in [7, 11) is 0. The molecule has 0 amide bonds. The second kappa shape index (κ2) is 4.84. The topological polar surface area (TPSA) is 64.3 Å². The van der Waals surface area contributed by atoms with E-state index in [0.29, 0.717) is 5.52 Å². The first kappa shape index (κ1) is 14.1. The fourth-order valence-corrected chi connectivity index (χ4v) is 3.25. The van der Waals surface area contributed by atoms with E-state index in [-0.39, 0.29) is 17.2 Å². The van der Waals surface area contributed by atoms with Gasteiger partial charge >= 0.3 is 5.97 Å². The Morgan fingerprint density at radius 1 is 1.57 bits per heavy atom. The van der Waals surface area contributed by atoms with Crippen molar-refractivity contribution in [3.05, 3.63) is 29.6 Å². The monoisotopic (exact) mass is 288 g/mol. The number of benzene rings is 1. The van der Waals surface area contributed by atoms with Gasteiger partial charge in [0.05, 0.1) is 22.7 Å². The molecule has 2 aromatic rings. The van der Waals surface area contributed by atoms with E-state index in [1.165, 1.54) is 0 Å². The molecule has 5 heteroatoms. The van der Waals surface area contributed by atoms with Crippen LogP contribution < -0.4 is 0 Å². The predicted octanol–water partition coefficient (Wildman–Crippen LogP) is 2.82. The Balaban J connectivity index is 2.32. The zero-order valence-electron chi connectivity index (χ0n) is 12.6. The van der Waals surface area contributed by atoms with Gasteiger partial charge in [0.1, 0.15) is 11.3 Å². The number of aromatic carboxylic acids is 1. The Morgan fingerprint density at radius 3 is 2.90 bits per heavy atom. The molecule has 0 aliphatic carbocycles. The second-order valence-corrected chi connectivity index (χ2v) is 5.82. The highest BCUT2D eigenvalue weighted by atomic mass is 16.5. The maximum Gasteiger partial charge on any atom is 0.337 e. The van der Waals surface area contributed by atoms with Gasteiger partial charge in [0.2, 0.25) is 0 Å². The lowest BCUT2D eigenvalue weighted by Gasteiger charge is -2.31. The van der Waals surface area contributed by atoms with E-state index in [1.54, 1.807) is 12.1 Å². The Labute approximate surface area is 123 Å². The molecular formula is C16H20N2O3. The highest BCUT2D eigenvalue weighted by molar-refractivity contribution is 6.01. The summed E-state index contributed by atoms with van der Waals surface area (Å²) < 4.78 is 7.94. The number of carbonyl (C=O) groups is 1. The molecule has 2 atom stereocenters. The molecule has 1 saturated heterocycles. The number of hydrogen-bond acceptors (Lipinski definition) is 3. The van der Waals surface area contributed by atoms with Gasteiger partial charge in [-0.2, -0.15) is 0 Å². The molecule has 1 N–H and O–H groups in total. The number of imidazole rings is 1. The quantitative estimate of drug-likeness (QED) is 0.943. The first-order valence-corrected chi connectivity index (χ1v) is 7.34. The Morgan fingerprint density at radius 2 is 2.33 bits per heavy atom. The van der Waals surface area contributed by atoms with Crippen LogP contribution in [0.25, 0.3) is 11.0 Å². The zero-order valence-corrected chi connectivity index (χ0v) is 12.6. The number of fused-ring (bicyclic) bond motifs is 1. The fraction of sp³-hybridized carbons (Fsp3) is 0.500. The van der Waals surface area contributed by atoms with E-state index in [1.807, 2.05) is 13.0 Å². The minimum absolute atomic E-state index is 0.0775. The largest absolute Gasteiger partial charge is 0.478 e. The summed E-state index contributed by atoms with van der Waals surface area (Å²) in [6.07, 6.45) is 1.74. The first-order chi connectivity index (χ1) is 9.99. The van der Waals surface area contributed by atoms with Crippen molar-refractivity contribution in [2.75, 3.05) is 6.61 Å². The molecule has 0 radical (unpaired) electrons. The van der Waals surface area contributed by atoms with Crippen molar-refractivity contribution in [1.82, 2.24) is 9.55 Å². The smallest absolute Gasteiger partial charge is 0.337 e. The van der Waals surface area contributed by atoms with E-state index >= 15 is 0 Å². The summed E-state index contributed by atoms with van der Waals surface area (Å²) in [5, 5.41) is 9.36. The lowest BCUT2D eigenvalue weighted by atomic mass is 9.93. The number of carboxylic acid groups (broad SMARTS) is 1. The van der Waals surface area contributed by atoms with Crippen molar-refractivity contribution >= 4 is 17.0 Å². The normalized spacial score (nSPS) is 25.6. The molecule has 1 aliphatic heterocycles. The molecular weight excluding hydrogens is 268 g/mol. The van der Waals surface area contributed by atoms with Gasteiger partial charge in [-0.15, -0.1) is 0 Å². The van der Waals surface area contributed by atoms with Gasteiger partial charge in [-0.05, 0) is 32.4 Å². The summed E-state index contributed by atoms with van der Waals surface area (Å²) in [6, 6.07) is 5.34. The predicted molar refractivity (Wildman–Crippen MR) is 79.7 cm³/mol. The summed E-state index contributed by atoms with van der Waals surface area (Å²) in [5.41, 5.74) is 1.53. The van der Waals surface area contributed by atoms with Gasteiger partial charge < -0.3 is 14.4 Å². The van der Waals surface area contributed by atoms with Crippen LogP contribution in [0.2, 0.25) is 0 Å². The van der Waals surface area contributed by atoms with Gasteiger partial charge in [0.15, 0.2) is 0 Å². The highest BCUT2D eigenvalue weighted by Crippen LogP contribution is 2.37. The summed E-state index contributed by atoms with van der Waals surface area (Å²) >= 11 is 0. The lowest BCUT2D eigenvalue weighted by Crippen LogP contribution is -2.37. The van der Waals surface area contributed by atoms with E-state index in [2.05, 4.69) is 23.4 Å². The number of ether oxygens (including phenoxy) is 1. The number of nitrogens with zero attached hydrogens (tertiary/aromatic N) is 2. The van der Waals surface area contributed by atoms with Gasteiger partial charge in [0, 0.05) is 13.0 Å². The Hall–Kier alpha value is -1.88. The molecule has 0 spiro atoms. The van der Waals surface area contributed by atoms with Crippen molar-refractivity contribution in [2.24, 2.45) is 0 Å². The number of hydrogen-bond donors (Lipinski definition) is 1. The zero-order chi connectivity index (χ0) is 15.2. The minimum atomic E-state index is -0.936. The molecule has 1 aliphatic rings. The third-order valence-electron chi connectivity index (χ3n) is 4.66. The average molecular weight is 288 g/mol. The van der Waals surface area contributed by atoms with Crippen molar-refractivity contribution in [1.29, 1.82) is 0 Å². The van der Waals surface area contributed by atoms with Crippen LogP contribution in [0, 0.1) is 0 Å². The summed E-state index contributed by atoms with van der Waals surface area (Å²) in [5.74, 6) is -0.0210. The highest BCUT2D eigenvalue weighted by Gasteiger charge is 2.41. The van der Waals surface area contributed by atoms with E-state index in [9.17, 15) is 9.90 Å². The van der Waals surface area contributed by atoms with Crippen molar-refractivity contribution in [3.63, 3.8) is 0 Å². The molecule has 1 aromatic heterocycles. The number of aryl methyl sites for hydroxylation is 1. The fourth-order valence-electron chi connectivity index (χ4n) is 3.25. The third-order valence-corrected chi connectivity index (χ3v) is 4.66. The molecule has 5 nitrogen and oxygen atoms in total. The summed E-state index contributed by atoms with van der Waals surface area (Å²) in [4.78, 5) is 16.0. The Kier molecular flexibility index (Phi) is 3.24. The van der Waals surface area contributed by atoms with Crippen LogP contribution in [0.15, 0.2) is 18.2 Å². The molecule has 1 fully saturated rings. The number of para-hydroxylation sites is 1. The standard InChI is InChI=1S/C16H20N2O3/c1-4-13-17-14-11(15(19)20)6-5-7-12(14)18(13)16(3)8-9-21-10(16)2/h5-7,10H,4,8-9H2,1-3H3,(H,19,20). The van der Waals surface area contributed by atoms with Gasteiger partial charge in [-0.3, -0.25) is 0 Å². The van der Waals surface area contributed by atoms with Crippen molar-refractivity contribution < 1.29 is 14.6 Å². The van der Waals surface area contributed by atoms with Crippen LogP contribution in [0.5, 0.6) is 0 Å². The number of aromatic nitrogens is 2. The van der Waals surface area contributed by atoms with E-state index in [0.717, 1.165) is 30.8 Å². The molecule has 2 unspecified atom stereocenters. The van der Waals surface area contributed by atoms with Crippen LogP contribution in [-0.4, -0.2) is 33.3 Å². The maximum absolute atomic E-state index is 11.4. The van der Waals surface area contributed by atoms with Gasteiger partial charge in [0.25, 0.3) is 0 Å². The molecule has 21 heavy (non-hydrogen) atoms.